The second kappa shape index (κ2) is 5.63. The van der Waals surface area contributed by atoms with Gasteiger partial charge in [-0.15, -0.1) is 0 Å². The first-order valence-corrected chi connectivity index (χ1v) is 7.25. The van der Waals surface area contributed by atoms with Crippen molar-refractivity contribution in [2.45, 2.75) is 32.4 Å². The largest absolute Gasteiger partial charge is 0.334 e. The van der Waals surface area contributed by atoms with Crippen LogP contribution in [-0.4, -0.2) is 33.3 Å². The van der Waals surface area contributed by atoms with Gasteiger partial charge in [-0.2, -0.15) is 0 Å². The maximum Gasteiger partial charge on any atom is 0.235 e. The molecule has 0 saturated carbocycles. The Hall–Kier alpha value is -1.88. The molecule has 1 fully saturated rings. The van der Waals surface area contributed by atoms with E-state index in [-0.39, 0.29) is 12.1 Å². The molecule has 0 aromatic carbocycles. The van der Waals surface area contributed by atoms with Crippen LogP contribution in [0.1, 0.15) is 38.0 Å². The number of hydrogen-bond acceptors (Lipinski definition) is 3. The molecule has 1 amide bonds. The molecule has 0 bridgehead atoms. The van der Waals surface area contributed by atoms with E-state index >= 15 is 0 Å². The lowest BCUT2D eigenvalue weighted by molar-refractivity contribution is -0.118. The molecule has 0 aliphatic carbocycles. The standard InChI is InChI=1S/C15H20N4O/c1-2-3-5-9-19-11-14(20)17-15(19)12-10-18-8-6-4-7-13(18)16-12/h4,6-8,10,15H,2-3,5,9,11H2,1H3,(H,17,20)/t15-/m1/s1. The second-order valence-corrected chi connectivity index (χ2v) is 5.28. The zero-order valence-corrected chi connectivity index (χ0v) is 11.7. The van der Waals surface area contributed by atoms with Gasteiger partial charge >= 0.3 is 0 Å². The van der Waals surface area contributed by atoms with Gasteiger partial charge in [0.1, 0.15) is 11.8 Å². The van der Waals surface area contributed by atoms with Gasteiger partial charge in [-0.25, -0.2) is 4.98 Å². The summed E-state index contributed by atoms with van der Waals surface area (Å²) in [5, 5.41) is 3.02. The lowest BCUT2D eigenvalue weighted by Crippen LogP contribution is -2.28. The van der Waals surface area contributed by atoms with Gasteiger partial charge < -0.3 is 9.72 Å². The number of carbonyl (C=O) groups is 1. The number of nitrogens with one attached hydrogen (secondary N) is 1. The van der Waals surface area contributed by atoms with Crippen LogP contribution < -0.4 is 5.32 Å². The van der Waals surface area contributed by atoms with Gasteiger partial charge in [0.2, 0.25) is 5.91 Å². The van der Waals surface area contributed by atoms with Crippen molar-refractivity contribution in [2.24, 2.45) is 0 Å². The third-order valence-corrected chi connectivity index (χ3v) is 3.72. The van der Waals surface area contributed by atoms with Crippen LogP contribution >= 0.6 is 0 Å². The number of amides is 1. The smallest absolute Gasteiger partial charge is 0.235 e. The van der Waals surface area contributed by atoms with E-state index in [0.29, 0.717) is 6.54 Å². The summed E-state index contributed by atoms with van der Waals surface area (Å²) in [5.41, 5.74) is 1.83. The lowest BCUT2D eigenvalue weighted by atomic mass is 10.2. The summed E-state index contributed by atoms with van der Waals surface area (Å²) in [6.07, 6.45) is 7.40. The van der Waals surface area contributed by atoms with Gasteiger partial charge in [-0.05, 0) is 18.6 Å². The average Bonchev–Trinajstić information content (AvgIpc) is 3.02. The maximum absolute atomic E-state index is 11.7. The van der Waals surface area contributed by atoms with Gasteiger partial charge in [0.15, 0.2) is 0 Å². The third kappa shape index (κ3) is 2.54. The number of pyridine rings is 1. The Balaban J connectivity index is 1.80. The molecule has 3 heterocycles. The normalized spacial score (nSPS) is 19.6. The molecular formula is C15H20N4O. The highest BCUT2D eigenvalue weighted by Crippen LogP contribution is 2.22. The Labute approximate surface area is 118 Å². The highest BCUT2D eigenvalue weighted by Gasteiger charge is 2.31. The quantitative estimate of drug-likeness (QED) is 0.846. The maximum atomic E-state index is 11.7. The zero-order valence-electron chi connectivity index (χ0n) is 11.7. The lowest BCUT2D eigenvalue weighted by Gasteiger charge is -2.21. The van der Waals surface area contributed by atoms with Crippen molar-refractivity contribution >= 4 is 11.6 Å². The minimum Gasteiger partial charge on any atom is -0.334 e. The van der Waals surface area contributed by atoms with Crippen LogP contribution in [-0.2, 0) is 4.79 Å². The van der Waals surface area contributed by atoms with Gasteiger partial charge in [-0.1, -0.05) is 25.8 Å². The molecule has 1 N–H and O–H groups in total. The SMILES string of the molecule is CCCCCN1CC(=O)N[C@H]1c1cn2ccccc2n1. The number of unbranched alkanes of at least 4 members (excludes halogenated alkanes) is 2. The zero-order chi connectivity index (χ0) is 13.9. The van der Waals surface area contributed by atoms with Crippen molar-refractivity contribution in [3.8, 4) is 0 Å². The van der Waals surface area contributed by atoms with Crippen molar-refractivity contribution in [3.63, 3.8) is 0 Å². The molecule has 1 saturated heterocycles. The van der Waals surface area contributed by atoms with Crippen molar-refractivity contribution in [1.82, 2.24) is 19.6 Å². The van der Waals surface area contributed by atoms with E-state index in [0.717, 1.165) is 24.3 Å². The van der Waals surface area contributed by atoms with Crippen molar-refractivity contribution < 1.29 is 4.79 Å². The first-order chi connectivity index (χ1) is 9.78. The van der Waals surface area contributed by atoms with Crippen LogP contribution in [0.4, 0.5) is 0 Å². The van der Waals surface area contributed by atoms with E-state index < -0.39 is 0 Å². The van der Waals surface area contributed by atoms with Gasteiger partial charge in [0.05, 0.1) is 12.2 Å². The molecular weight excluding hydrogens is 252 g/mol. The first-order valence-electron chi connectivity index (χ1n) is 7.25. The summed E-state index contributed by atoms with van der Waals surface area (Å²) in [6, 6.07) is 5.92. The van der Waals surface area contributed by atoms with E-state index in [1.54, 1.807) is 0 Å². The molecule has 106 valence electrons. The molecule has 0 spiro atoms. The predicted molar refractivity (Wildman–Crippen MR) is 77.2 cm³/mol. The summed E-state index contributed by atoms with van der Waals surface area (Å²) < 4.78 is 1.99. The number of hydrogen-bond donors (Lipinski definition) is 1. The Morgan fingerprint density at radius 3 is 3.10 bits per heavy atom. The molecule has 20 heavy (non-hydrogen) atoms. The summed E-state index contributed by atoms with van der Waals surface area (Å²) in [5.74, 6) is 0.0866. The molecule has 0 unspecified atom stereocenters. The fraction of sp³-hybridized carbons (Fsp3) is 0.467. The van der Waals surface area contributed by atoms with Gasteiger partial charge in [0, 0.05) is 18.9 Å². The third-order valence-electron chi connectivity index (χ3n) is 3.72. The highest BCUT2D eigenvalue weighted by atomic mass is 16.2. The number of aromatic nitrogens is 2. The van der Waals surface area contributed by atoms with Crippen LogP contribution in [0.2, 0.25) is 0 Å². The summed E-state index contributed by atoms with van der Waals surface area (Å²) >= 11 is 0. The molecule has 2 aromatic heterocycles. The molecule has 0 radical (unpaired) electrons. The predicted octanol–water partition coefficient (Wildman–Crippen LogP) is 1.95. The molecule has 5 heteroatoms. The van der Waals surface area contributed by atoms with Gasteiger partial charge in [-0.3, -0.25) is 9.69 Å². The second-order valence-electron chi connectivity index (χ2n) is 5.28. The topological polar surface area (TPSA) is 49.6 Å². The summed E-state index contributed by atoms with van der Waals surface area (Å²) in [7, 11) is 0. The fourth-order valence-electron chi connectivity index (χ4n) is 2.69. The first kappa shape index (κ1) is 13.1. The molecule has 1 atom stereocenters. The van der Waals surface area contributed by atoms with Crippen molar-refractivity contribution in [2.75, 3.05) is 13.1 Å². The van der Waals surface area contributed by atoms with E-state index in [1.165, 1.54) is 12.8 Å². The molecule has 1 aliphatic rings. The Morgan fingerprint density at radius 2 is 2.30 bits per heavy atom. The van der Waals surface area contributed by atoms with Gasteiger partial charge in [0.25, 0.3) is 0 Å². The van der Waals surface area contributed by atoms with Crippen LogP contribution in [0.25, 0.3) is 5.65 Å². The minimum atomic E-state index is -0.0840. The molecule has 2 aromatic rings. The van der Waals surface area contributed by atoms with E-state index in [2.05, 4.69) is 22.1 Å². The number of fused-ring (bicyclic) bond motifs is 1. The summed E-state index contributed by atoms with van der Waals surface area (Å²) in [6.45, 7) is 3.60. The highest BCUT2D eigenvalue weighted by molar-refractivity contribution is 5.80. The van der Waals surface area contributed by atoms with Crippen LogP contribution in [0.3, 0.4) is 0 Å². The summed E-state index contributed by atoms with van der Waals surface area (Å²) in [4.78, 5) is 18.5. The number of rotatable bonds is 5. The molecule has 5 nitrogen and oxygen atoms in total. The number of carbonyl (C=O) groups excluding carboxylic acids is 1. The molecule has 1 aliphatic heterocycles. The molecule has 3 rings (SSSR count). The van der Waals surface area contributed by atoms with E-state index in [9.17, 15) is 4.79 Å². The minimum absolute atomic E-state index is 0.0840. The van der Waals surface area contributed by atoms with E-state index in [4.69, 9.17) is 0 Å². The van der Waals surface area contributed by atoms with Crippen LogP contribution in [0, 0.1) is 0 Å². The van der Waals surface area contributed by atoms with Crippen LogP contribution in [0.15, 0.2) is 30.6 Å². The Morgan fingerprint density at radius 1 is 1.40 bits per heavy atom. The number of nitrogens with zero attached hydrogens (tertiary/aromatic N) is 3. The average molecular weight is 272 g/mol. The van der Waals surface area contributed by atoms with Crippen LogP contribution in [0.5, 0.6) is 0 Å². The van der Waals surface area contributed by atoms with Crippen molar-refractivity contribution in [1.29, 1.82) is 0 Å². The Kier molecular flexibility index (Phi) is 3.69. The monoisotopic (exact) mass is 272 g/mol. The number of imidazole rings is 1. The van der Waals surface area contributed by atoms with E-state index in [1.807, 2.05) is 35.0 Å². The van der Waals surface area contributed by atoms with Crippen molar-refractivity contribution in [3.05, 3.63) is 36.3 Å². The fourth-order valence-corrected chi connectivity index (χ4v) is 2.69. The Bertz CT molecular complexity index is 574.